The number of thiophene rings is 1. The highest BCUT2D eigenvalue weighted by Gasteiger charge is 2.22. The van der Waals surface area contributed by atoms with Crippen molar-refractivity contribution in [1.82, 2.24) is 0 Å². The highest BCUT2D eigenvalue weighted by molar-refractivity contribution is 7.19. The predicted octanol–water partition coefficient (Wildman–Crippen LogP) is 9.91. The molecule has 0 saturated carbocycles. The van der Waals surface area contributed by atoms with E-state index in [9.17, 15) is 0 Å². The first kappa shape index (κ1) is 20.1. The van der Waals surface area contributed by atoms with E-state index >= 15 is 0 Å². The Morgan fingerprint density at radius 2 is 0.800 bits per heavy atom. The molecule has 0 aliphatic heterocycles. The highest BCUT2D eigenvalue weighted by Crippen LogP contribution is 2.48. The van der Waals surface area contributed by atoms with Crippen LogP contribution in [0.1, 0.15) is 0 Å². The van der Waals surface area contributed by atoms with Crippen molar-refractivity contribution in [2.24, 2.45) is 0 Å². The molecule has 0 radical (unpaired) electrons. The maximum absolute atomic E-state index is 6.39. The van der Waals surface area contributed by atoms with Gasteiger partial charge in [-0.3, -0.25) is 0 Å². The maximum atomic E-state index is 6.39. The second kappa shape index (κ2) is 8.15. The Morgan fingerprint density at radius 1 is 0.400 bits per heavy atom. The summed E-state index contributed by atoms with van der Waals surface area (Å²) in [6.07, 6.45) is 0. The van der Waals surface area contributed by atoms with Crippen LogP contribution in [0.4, 0.5) is 0 Å². The lowest BCUT2D eigenvalue weighted by Crippen LogP contribution is -1.78. The summed E-state index contributed by atoms with van der Waals surface area (Å²) in [4.78, 5) is 2.35. The van der Waals surface area contributed by atoms with E-state index in [2.05, 4.69) is 84.9 Å². The molecule has 0 bridgehead atoms. The number of benzene rings is 4. The van der Waals surface area contributed by atoms with Crippen molar-refractivity contribution in [3.8, 4) is 43.5 Å². The molecular weight excluding hydrogens is 448 g/mol. The summed E-state index contributed by atoms with van der Waals surface area (Å²) >= 11 is 1.78. The van der Waals surface area contributed by atoms with Gasteiger partial charge in [0.25, 0.3) is 0 Å². The van der Waals surface area contributed by atoms with Crippen LogP contribution in [-0.2, 0) is 0 Å². The van der Waals surface area contributed by atoms with Crippen molar-refractivity contribution >= 4 is 33.3 Å². The summed E-state index contributed by atoms with van der Waals surface area (Å²) in [5, 5.41) is 2.25. The zero-order chi connectivity index (χ0) is 23.2. The molecular formula is C32H20O2S. The predicted molar refractivity (Wildman–Crippen MR) is 146 cm³/mol. The maximum Gasteiger partial charge on any atom is 0.144 e. The lowest BCUT2D eigenvalue weighted by molar-refractivity contribution is 0.632. The second-order valence-electron chi connectivity index (χ2n) is 8.50. The van der Waals surface area contributed by atoms with Crippen molar-refractivity contribution in [2.45, 2.75) is 0 Å². The number of furan rings is 2. The molecule has 0 aliphatic carbocycles. The standard InChI is InChI=1S/C32H20O2S/c1-3-11-21(12-4-1)31-29(23-15-7-9-17-25(23)33-31)27-19-20-28(35-27)30-24-16-8-10-18-26(24)34-32(30)22-13-5-2-6-14-22/h1-20H. The molecule has 3 heteroatoms. The summed E-state index contributed by atoms with van der Waals surface area (Å²) in [7, 11) is 0. The van der Waals surface area contributed by atoms with Gasteiger partial charge in [0.15, 0.2) is 0 Å². The van der Waals surface area contributed by atoms with Gasteiger partial charge in [0.1, 0.15) is 22.7 Å². The third-order valence-electron chi connectivity index (χ3n) is 6.36. The van der Waals surface area contributed by atoms with Crippen molar-refractivity contribution in [1.29, 1.82) is 0 Å². The summed E-state index contributed by atoms with van der Waals surface area (Å²) in [5.41, 5.74) is 6.22. The molecule has 0 amide bonds. The van der Waals surface area contributed by atoms with Gasteiger partial charge in [0.05, 0.1) is 0 Å². The first-order valence-electron chi connectivity index (χ1n) is 11.6. The normalized spacial score (nSPS) is 11.4. The number of hydrogen-bond acceptors (Lipinski definition) is 3. The number of rotatable bonds is 4. The van der Waals surface area contributed by atoms with E-state index in [1.165, 1.54) is 9.75 Å². The Kier molecular flexibility index (Phi) is 4.68. The van der Waals surface area contributed by atoms with Crippen LogP contribution in [-0.4, -0.2) is 0 Å². The van der Waals surface area contributed by atoms with Crippen LogP contribution in [0.5, 0.6) is 0 Å². The van der Waals surface area contributed by atoms with Crippen LogP contribution in [0.25, 0.3) is 65.5 Å². The average Bonchev–Trinajstić information content (AvgIpc) is 3.64. The zero-order valence-electron chi connectivity index (χ0n) is 18.8. The molecule has 0 atom stereocenters. The summed E-state index contributed by atoms with van der Waals surface area (Å²) in [6, 6.07) is 41.6. The second-order valence-corrected chi connectivity index (χ2v) is 9.58. The molecule has 0 saturated heterocycles. The van der Waals surface area contributed by atoms with Crippen LogP contribution >= 0.6 is 11.3 Å². The fourth-order valence-electron chi connectivity index (χ4n) is 4.77. The molecule has 0 N–H and O–H groups in total. The molecule has 7 rings (SSSR count). The van der Waals surface area contributed by atoms with E-state index in [0.717, 1.165) is 55.7 Å². The molecule has 0 aliphatic rings. The van der Waals surface area contributed by atoms with Crippen molar-refractivity contribution in [3.05, 3.63) is 121 Å². The van der Waals surface area contributed by atoms with Crippen molar-refractivity contribution < 1.29 is 8.83 Å². The molecule has 2 nitrogen and oxygen atoms in total. The number of para-hydroxylation sites is 2. The SMILES string of the molecule is c1ccc(-c2oc3ccccc3c2-c2ccc(-c3c(-c4ccccc4)oc4ccccc34)s2)cc1. The van der Waals surface area contributed by atoms with Crippen LogP contribution in [0.15, 0.2) is 130 Å². The zero-order valence-corrected chi connectivity index (χ0v) is 19.6. The fourth-order valence-corrected chi connectivity index (χ4v) is 5.89. The molecule has 35 heavy (non-hydrogen) atoms. The van der Waals surface area contributed by atoms with Gasteiger partial charge in [-0.1, -0.05) is 97.1 Å². The Hall–Kier alpha value is -4.34. The van der Waals surface area contributed by atoms with Crippen molar-refractivity contribution in [3.63, 3.8) is 0 Å². The van der Waals surface area contributed by atoms with Gasteiger partial charge in [-0.25, -0.2) is 0 Å². The van der Waals surface area contributed by atoms with Gasteiger partial charge < -0.3 is 8.83 Å². The summed E-state index contributed by atoms with van der Waals surface area (Å²) < 4.78 is 12.8. The molecule has 3 heterocycles. The lowest BCUT2D eigenvalue weighted by atomic mass is 10.0. The number of hydrogen-bond donors (Lipinski definition) is 0. The first-order valence-corrected chi connectivity index (χ1v) is 12.4. The molecule has 4 aromatic carbocycles. The van der Waals surface area contributed by atoms with Gasteiger partial charge in [0, 0.05) is 42.8 Å². The fraction of sp³-hybridized carbons (Fsp3) is 0. The lowest BCUT2D eigenvalue weighted by Gasteiger charge is -2.03. The minimum absolute atomic E-state index is 0.898. The van der Waals surface area contributed by atoms with Crippen molar-refractivity contribution in [2.75, 3.05) is 0 Å². The molecule has 166 valence electrons. The van der Waals surface area contributed by atoms with E-state index in [1.807, 2.05) is 36.4 Å². The van der Waals surface area contributed by atoms with E-state index in [1.54, 1.807) is 11.3 Å². The smallest absolute Gasteiger partial charge is 0.144 e. The Morgan fingerprint density at radius 3 is 1.26 bits per heavy atom. The van der Waals surface area contributed by atoms with Gasteiger partial charge in [-0.15, -0.1) is 11.3 Å². The molecule has 7 aromatic rings. The minimum atomic E-state index is 0.898. The third kappa shape index (κ3) is 3.32. The highest BCUT2D eigenvalue weighted by atomic mass is 32.1. The topological polar surface area (TPSA) is 26.3 Å². The van der Waals surface area contributed by atoms with Gasteiger partial charge in [-0.05, 0) is 24.3 Å². The number of fused-ring (bicyclic) bond motifs is 2. The van der Waals surface area contributed by atoms with Crippen LogP contribution in [0.3, 0.4) is 0 Å². The summed E-state index contributed by atoms with van der Waals surface area (Å²) in [5.74, 6) is 1.81. The van der Waals surface area contributed by atoms with E-state index in [4.69, 9.17) is 8.83 Å². The van der Waals surface area contributed by atoms with Crippen LogP contribution in [0.2, 0.25) is 0 Å². The Labute approximate surface area is 206 Å². The van der Waals surface area contributed by atoms with Gasteiger partial charge in [0.2, 0.25) is 0 Å². The summed E-state index contributed by atoms with van der Waals surface area (Å²) in [6.45, 7) is 0. The molecule has 3 aromatic heterocycles. The van der Waals surface area contributed by atoms with E-state index in [0.29, 0.717) is 0 Å². The first-order chi connectivity index (χ1) is 17.4. The molecule has 0 fully saturated rings. The quantitative estimate of drug-likeness (QED) is 0.257. The third-order valence-corrected chi connectivity index (χ3v) is 7.48. The monoisotopic (exact) mass is 468 g/mol. The van der Waals surface area contributed by atoms with Crippen LogP contribution < -0.4 is 0 Å². The molecule has 0 spiro atoms. The largest absolute Gasteiger partial charge is 0.455 e. The minimum Gasteiger partial charge on any atom is -0.455 e. The molecule has 0 unspecified atom stereocenters. The van der Waals surface area contributed by atoms with Gasteiger partial charge in [-0.2, -0.15) is 0 Å². The Bertz CT molecular complexity index is 1650. The van der Waals surface area contributed by atoms with Gasteiger partial charge >= 0.3 is 0 Å². The van der Waals surface area contributed by atoms with Crippen LogP contribution in [0, 0.1) is 0 Å². The van der Waals surface area contributed by atoms with E-state index in [-0.39, 0.29) is 0 Å². The van der Waals surface area contributed by atoms with E-state index < -0.39 is 0 Å². The average molecular weight is 469 g/mol. The Balaban J connectivity index is 1.46.